The number of anilines is 1. The lowest BCUT2D eigenvalue weighted by atomic mass is 10.1. The molecule has 6 heteroatoms. The fourth-order valence-electron chi connectivity index (χ4n) is 1.56. The first-order valence-corrected chi connectivity index (χ1v) is 6.72. The van der Waals surface area contributed by atoms with E-state index in [4.69, 9.17) is 0 Å². The van der Waals surface area contributed by atoms with Crippen LogP contribution in [0, 0.1) is 0 Å². The lowest BCUT2D eigenvalue weighted by Gasteiger charge is -2.09. The molecule has 116 valence electrons. The Morgan fingerprint density at radius 3 is 2.64 bits per heavy atom. The number of rotatable bonds is 7. The Balaban J connectivity index is 2.77. The van der Waals surface area contributed by atoms with Crippen LogP contribution in [0.15, 0.2) is 49.1 Å². The first-order chi connectivity index (χ1) is 10.6. The maximum atomic E-state index is 12.0. The molecule has 0 aliphatic heterocycles. The van der Waals surface area contributed by atoms with Crippen molar-refractivity contribution in [2.24, 2.45) is 0 Å². The van der Waals surface area contributed by atoms with Crippen LogP contribution in [-0.4, -0.2) is 30.9 Å². The van der Waals surface area contributed by atoms with Crippen LogP contribution in [-0.2, 0) is 14.3 Å². The van der Waals surface area contributed by atoms with Crippen molar-refractivity contribution in [3.05, 3.63) is 54.6 Å². The molecule has 0 spiro atoms. The van der Waals surface area contributed by atoms with E-state index < -0.39 is 11.9 Å². The Morgan fingerprint density at radius 2 is 1.95 bits per heavy atom. The largest absolute Gasteiger partial charge is 0.463 e. The normalized spacial score (nSPS) is 10.0. The zero-order valence-corrected chi connectivity index (χ0v) is 12.3. The van der Waals surface area contributed by atoms with Crippen LogP contribution >= 0.6 is 0 Å². The topological polar surface area (TPSA) is 84.5 Å². The van der Waals surface area contributed by atoms with E-state index in [1.54, 1.807) is 37.3 Å². The summed E-state index contributed by atoms with van der Waals surface area (Å²) < 4.78 is 4.67. The molecule has 2 amide bonds. The molecule has 0 unspecified atom stereocenters. The number of para-hydroxylation sites is 1. The van der Waals surface area contributed by atoms with Crippen LogP contribution in [0.25, 0.3) is 0 Å². The van der Waals surface area contributed by atoms with Gasteiger partial charge in [0, 0.05) is 18.7 Å². The molecule has 0 saturated heterocycles. The van der Waals surface area contributed by atoms with Crippen molar-refractivity contribution in [3.8, 4) is 0 Å². The van der Waals surface area contributed by atoms with Gasteiger partial charge >= 0.3 is 5.97 Å². The highest BCUT2D eigenvalue weighted by molar-refractivity contribution is 6.07. The third-order valence-corrected chi connectivity index (χ3v) is 2.49. The van der Waals surface area contributed by atoms with E-state index in [-0.39, 0.29) is 12.5 Å². The summed E-state index contributed by atoms with van der Waals surface area (Å²) in [5.74, 6) is -1.46. The van der Waals surface area contributed by atoms with Crippen LogP contribution in [0.5, 0.6) is 0 Å². The third-order valence-electron chi connectivity index (χ3n) is 2.49. The van der Waals surface area contributed by atoms with Crippen molar-refractivity contribution in [2.45, 2.75) is 6.92 Å². The summed E-state index contributed by atoms with van der Waals surface area (Å²) in [6, 6.07) is 6.56. The number of nitrogens with one attached hydrogen (secondary N) is 2. The standard InChI is InChI=1S/C16H18N2O4/c1-3-11-17-16(21)12-7-5-6-8-13(12)18-14(19)9-10-15(20)22-4-2/h3,5-10H,1,4,11H2,2H3,(H,17,21)(H,18,19). The highest BCUT2D eigenvalue weighted by atomic mass is 16.5. The summed E-state index contributed by atoms with van der Waals surface area (Å²) in [5.41, 5.74) is 0.671. The van der Waals surface area contributed by atoms with Gasteiger partial charge in [0.2, 0.25) is 5.91 Å². The summed E-state index contributed by atoms with van der Waals surface area (Å²) in [4.78, 5) is 34.8. The summed E-state index contributed by atoms with van der Waals surface area (Å²) in [7, 11) is 0. The first kappa shape index (κ1) is 17.2. The number of ether oxygens (including phenoxy) is 1. The predicted molar refractivity (Wildman–Crippen MR) is 83.4 cm³/mol. The monoisotopic (exact) mass is 302 g/mol. The molecule has 1 aromatic rings. The molecule has 1 aromatic carbocycles. The summed E-state index contributed by atoms with van der Waals surface area (Å²) in [6.07, 6.45) is 3.64. The Bertz CT molecular complexity index is 594. The molecule has 2 N–H and O–H groups in total. The molecule has 6 nitrogen and oxygen atoms in total. The smallest absolute Gasteiger partial charge is 0.330 e. The fourth-order valence-corrected chi connectivity index (χ4v) is 1.56. The molecular weight excluding hydrogens is 284 g/mol. The zero-order valence-electron chi connectivity index (χ0n) is 12.3. The van der Waals surface area contributed by atoms with E-state index in [1.807, 2.05) is 0 Å². The maximum Gasteiger partial charge on any atom is 0.330 e. The predicted octanol–water partition coefficient (Wildman–Crippen LogP) is 1.66. The molecule has 0 aliphatic rings. The molecule has 0 radical (unpaired) electrons. The summed E-state index contributed by atoms with van der Waals surface area (Å²) >= 11 is 0. The van der Waals surface area contributed by atoms with Gasteiger partial charge in [0.05, 0.1) is 17.9 Å². The van der Waals surface area contributed by atoms with Crippen molar-refractivity contribution in [2.75, 3.05) is 18.5 Å². The van der Waals surface area contributed by atoms with Crippen LogP contribution in [0.2, 0.25) is 0 Å². The van der Waals surface area contributed by atoms with Gasteiger partial charge in [-0.2, -0.15) is 0 Å². The summed E-state index contributed by atoms with van der Waals surface area (Å²) in [6.45, 7) is 5.74. The van der Waals surface area contributed by atoms with Crippen molar-refractivity contribution >= 4 is 23.5 Å². The average molecular weight is 302 g/mol. The maximum absolute atomic E-state index is 12.0. The van der Waals surface area contributed by atoms with Crippen LogP contribution in [0.3, 0.4) is 0 Å². The van der Waals surface area contributed by atoms with Crippen molar-refractivity contribution in [1.82, 2.24) is 5.32 Å². The van der Waals surface area contributed by atoms with Crippen LogP contribution in [0.4, 0.5) is 5.69 Å². The van der Waals surface area contributed by atoms with Gasteiger partial charge in [-0.15, -0.1) is 6.58 Å². The Hall–Kier alpha value is -2.89. The number of amides is 2. The Labute approximate surface area is 128 Å². The number of hydrogen-bond donors (Lipinski definition) is 2. The van der Waals surface area contributed by atoms with Gasteiger partial charge in [-0.1, -0.05) is 18.2 Å². The number of carbonyl (C=O) groups is 3. The van der Waals surface area contributed by atoms with Crippen LogP contribution in [0.1, 0.15) is 17.3 Å². The van der Waals surface area contributed by atoms with Gasteiger partial charge in [-0.25, -0.2) is 4.79 Å². The van der Waals surface area contributed by atoms with Gasteiger partial charge in [-0.3, -0.25) is 9.59 Å². The lowest BCUT2D eigenvalue weighted by Crippen LogP contribution is -2.25. The number of esters is 1. The molecule has 0 bridgehead atoms. The van der Waals surface area contributed by atoms with Gasteiger partial charge in [0.15, 0.2) is 0 Å². The second-order valence-electron chi connectivity index (χ2n) is 4.12. The number of carbonyl (C=O) groups excluding carboxylic acids is 3. The quantitative estimate of drug-likeness (QED) is 0.456. The second-order valence-corrected chi connectivity index (χ2v) is 4.12. The average Bonchev–Trinajstić information content (AvgIpc) is 2.51. The van der Waals surface area contributed by atoms with Gasteiger partial charge in [-0.05, 0) is 19.1 Å². The minimum Gasteiger partial charge on any atom is -0.463 e. The Kier molecular flexibility index (Phi) is 7.12. The minimum atomic E-state index is -0.602. The molecule has 0 aliphatic carbocycles. The van der Waals surface area contributed by atoms with Crippen molar-refractivity contribution in [3.63, 3.8) is 0 Å². The molecule has 0 atom stereocenters. The molecule has 22 heavy (non-hydrogen) atoms. The molecule has 1 rings (SSSR count). The molecular formula is C16H18N2O4. The first-order valence-electron chi connectivity index (χ1n) is 6.72. The van der Waals surface area contributed by atoms with Crippen molar-refractivity contribution in [1.29, 1.82) is 0 Å². The van der Waals surface area contributed by atoms with Gasteiger partial charge in [0.25, 0.3) is 5.91 Å². The number of hydrogen-bond acceptors (Lipinski definition) is 4. The van der Waals surface area contributed by atoms with E-state index in [9.17, 15) is 14.4 Å². The number of benzene rings is 1. The van der Waals surface area contributed by atoms with E-state index in [0.29, 0.717) is 17.8 Å². The minimum absolute atomic E-state index is 0.233. The summed E-state index contributed by atoms with van der Waals surface area (Å²) in [5, 5.41) is 5.17. The van der Waals surface area contributed by atoms with E-state index >= 15 is 0 Å². The fraction of sp³-hybridized carbons (Fsp3) is 0.188. The van der Waals surface area contributed by atoms with Crippen LogP contribution < -0.4 is 10.6 Å². The SMILES string of the molecule is C=CCNC(=O)c1ccccc1NC(=O)C=CC(=O)OCC. The highest BCUT2D eigenvalue weighted by Gasteiger charge is 2.11. The molecule has 0 fully saturated rings. The molecule has 0 heterocycles. The molecule has 0 aromatic heterocycles. The lowest BCUT2D eigenvalue weighted by molar-refractivity contribution is -0.137. The van der Waals surface area contributed by atoms with Crippen molar-refractivity contribution < 1.29 is 19.1 Å². The van der Waals surface area contributed by atoms with Gasteiger partial charge in [0.1, 0.15) is 0 Å². The van der Waals surface area contributed by atoms with E-state index in [1.165, 1.54) is 0 Å². The zero-order chi connectivity index (χ0) is 16.4. The van der Waals surface area contributed by atoms with E-state index in [2.05, 4.69) is 21.9 Å². The Morgan fingerprint density at radius 1 is 1.23 bits per heavy atom. The molecule has 0 saturated carbocycles. The highest BCUT2D eigenvalue weighted by Crippen LogP contribution is 2.14. The second kappa shape index (κ2) is 9.12. The van der Waals surface area contributed by atoms with E-state index in [0.717, 1.165) is 12.2 Å². The van der Waals surface area contributed by atoms with Gasteiger partial charge < -0.3 is 15.4 Å². The third kappa shape index (κ3) is 5.62.